The molecule has 0 spiro atoms. The number of esters is 7. The molecule has 1 aromatic carbocycles. The van der Waals surface area contributed by atoms with Gasteiger partial charge < -0.3 is 52.1 Å². The van der Waals surface area contributed by atoms with E-state index in [2.05, 4.69) is 0 Å². The highest BCUT2D eigenvalue weighted by atomic mass is 35.6. The van der Waals surface area contributed by atoms with Crippen LogP contribution in [0.4, 0.5) is 0 Å². The highest BCUT2D eigenvalue weighted by Gasteiger charge is 2.58. The quantitative estimate of drug-likeness (QED) is 0.0984. The van der Waals surface area contributed by atoms with Gasteiger partial charge in [0.25, 0.3) is 3.79 Å². The van der Waals surface area contributed by atoms with Crippen LogP contribution in [0.3, 0.4) is 0 Å². The predicted molar refractivity (Wildman–Crippen MR) is 182 cm³/mol. The Morgan fingerprint density at radius 3 is 1.44 bits per heavy atom. The third-order valence-corrected chi connectivity index (χ3v) is 7.84. The molecule has 2 heterocycles. The Morgan fingerprint density at radius 1 is 0.564 bits per heavy atom. The van der Waals surface area contributed by atoms with Gasteiger partial charge in [0, 0.05) is 41.5 Å². The van der Waals surface area contributed by atoms with Crippen LogP contribution >= 0.6 is 34.8 Å². The lowest BCUT2D eigenvalue weighted by Crippen LogP contribution is -2.67. The second-order valence-electron chi connectivity index (χ2n) is 11.8. The summed E-state index contributed by atoms with van der Waals surface area (Å²) >= 11 is 17.7. The second-order valence-corrected chi connectivity index (χ2v) is 14.0. The number of alkyl halides is 3. The number of rotatable bonds is 13. The van der Waals surface area contributed by atoms with Crippen LogP contribution in [0.25, 0.3) is 0 Å². The Hall–Kier alpha value is -4.27. The van der Waals surface area contributed by atoms with Gasteiger partial charge in [-0.25, -0.2) is 4.79 Å². The molecule has 19 nitrogen and oxygen atoms in total. The van der Waals surface area contributed by atoms with E-state index in [9.17, 15) is 33.6 Å². The normalized spacial score (nSPS) is 27.7. The van der Waals surface area contributed by atoms with Gasteiger partial charge >= 0.3 is 41.8 Å². The summed E-state index contributed by atoms with van der Waals surface area (Å²) in [7, 11) is 0. The van der Waals surface area contributed by atoms with Gasteiger partial charge in [0.1, 0.15) is 31.5 Å². The molecule has 10 atom stereocenters. The van der Waals surface area contributed by atoms with Crippen LogP contribution in [0, 0.1) is 5.41 Å². The molecule has 0 unspecified atom stereocenters. The number of halogens is 3. The van der Waals surface area contributed by atoms with Crippen molar-refractivity contribution in [1.29, 1.82) is 5.41 Å². The first-order valence-corrected chi connectivity index (χ1v) is 17.3. The molecular weight excluding hydrogens is 805 g/mol. The van der Waals surface area contributed by atoms with Gasteiger partial charge in [0.2, 0.25) is 12.2 Å². The minimum absolute atomic E-state index is 0.0187. The first-order valence-electron chi connectivity index (χ1n) is 16.2. The van der Waals surface area contributed by atoms with Gasteiger partial charge in [-0.3, -0.25) is 34.2 Å². The largest absolute Gasteiger partial charge is 0.463 e. The maximum absolute atomic E-state index is 13.6. The molecule has 1 N–H and O–H groups in total. The lowest BCUT2D eigenvalue weighted by molar-refractivity contribution is -0.355. The molecule has 0 saturated carbocycles. The van der Waals surface area contributed by atoms with E-state index in [0.29, 0.717) is 0 Å². The Morgan fingerprint density at radius 2 is 0.982 bits per heavy atom. The number of nitrogens with one attached hydrogen (secondary N) is 1. The molecule has 1 aromatic rings. The summed E-state index contributed by atoms with van der Waals surface area (Å²) in [6.45, 7) is 4.81. The number of benzene rings is 1. The number of carbonyl (C=O) groups is 7. The lowest BCUT2D eigenvalue weighted by Gasteiger charge is -2.48. The van der Waals surface area contributed by atoms with Crippen molar-refractivity contribution in [1.82, 2.24) is 0 Å². The molecule has 0 bridgehead atoms. The summed E-state index contributed by atoms with van der Waals surface area (Å²) in [6, 6.07) is 7.41. The lowest BCUT2D eigenvalue weighted by atomic mass is 9.96. The molecular formula is C33H38Cl3NO18. The first-order chi connectivity index (χ1) is 25.7. The average Bonchev–Trinajstić information content (AvgIpc) is 3.07. The minimum Gasteiger partial charge on any atom is -0.463 e. The number of carbonyl (C=O) groups excluding carboxylic acids is 7. The molecule has 304 valence electrons. The monoisotopic (exact) mass is 841 g/mol. The van der Waals surface area contributed by atoms with E-state index in [1.54, 1.807) is 6.07 Å². The molecule has 22 heteroatoms. The molecule has 0 aromatic heterocycles. The topological polar surface area (TPSA) is 245 Å². The summed E-state index contributed by atoms with van der Waals surface area (Å²) < 4.78 is 59.4. The molecule has 2 fully saturated rings. The molecule has 2 saturated heterocycles. The summed E-state index contributed by atoms with van der Waals surface area (Å²) in [5.74, 6) is -7.51. The van der Waals surface area contributed by atoms with Gasteiger partial charge in [0.05, 0.1) is 5.56 Å². The predicted octanol–water partition coefficient (Wildman–Crippen LogP) is 2.26. The summed E-state index contributed by atoms with van der Waals surface area (Å²) in [5.41, 5.74) is -0.0187. The van der Waals surface area contributed by atoms with Crippen LogP contribution < -0.4 is 0 Å². The maximum Gasteiger partial charge on any atom is 0.338 e. The van der Waals surface area contributed by atoms with Gasteiger partial charge in [0.15, 0.2) is 36.8 Å². The zero-order valence-electron chi connectivity index (χ0n) is 30.1. The van der Waals surface area contributed by atoms with Crippen LogP contribution in [0.1, 0.15) is 51.9 Å². The molecule has 55 heavy (non-hydrogen) atoms. The Labute approximate surface area is 328 Å². The van der Waals surface area contributed by atoms with Crippen molar-refractivity contribution in [3.8, 4) is 0 Å². The van der Waals surface area contributed by atoms with Crippen molar-refractivity contribution in [2.24, 2.45) is 0 Å². The van der Waals surface area contributed by atoms with Crippen molar-refractivity contribution >= 4 is 82.5 Å². The average molecular weight is 843 g/mol. The Kier molecular flexibility index (Phi) is 16.5. The highest BCUT2D eigenvalue weighted by Crippen LogP contribution is 2.37. The van der Waals surface area contributed by atoms with E-state index in [4.69, 9.17) is 92.3 Å². The van der Waals surface area contributed by atoms with Gasteiger partial charge in [-0.05, 0) is 12.1 Å². The maximum atomic E-state index is 13.6. The smallest absolute Gasteiger partial charge is 0.338 e. The Balaban J connectivity index is 2.28. The van der Waals surface area contributed by atoms with Gasteiger partial charge in [-0.15, -0.1) is 0 Å². The number of hydrogen-bond donors (Lipinski definition) is 1. The highest BCUT2D eigenvalue weighted by molar-refractivity contribution is 6.76. The zero-order valence-corrected chi connectivity index (χ0v) is 32.3. The SMILES string of the molecule is CC(=O)OC[C@H]1O[C@@H](O[C@H]2[C@@H](OC(C)=O)[C@@H](COC(C)=O)O[C@H](OC(=N)C(Cl)(Cl)Cl)[C@@H]2OC(=O)c2ccccc2)[C@H](OC(C)=O)[C@@H](OC(C)=O)[C@H]1OC(C)=O. The summed E-state index contributed by atoms with van der Waals surface area (Å²) in [5, 5.41) is 8.25. The standard InChI is InChI=1S/C33H38Cl3NO18/c1-14(38)45-12-21-23(47-16(3)40)25(49-18(5)42)27(50-19(6)43)30(51-21)54-26-24(48-17(4)41)22(13-46-15(2)39)52-31(55-32(37)33(34,35)36)28(26)53-29(44)20-10-8-7-9-11-20/h7-11,21-28,30-31,37H,12-13H2,1-6H3/t21-,22-,23+,24+,25+,26+,27-,28-,30+,31-/m1/s1. The van der Waals surface area contributed by atoms with E-state index in [1.165, 1.54) is 24.3 Å². The van der Waals surface area contributed by atoms with Crippen LogP contribution in [0.15, 0.2) is 30.3 Å². The van der Waals surface area contributed by atoms with Crippen molar-refractivity contribution in [2.75, 3.05) is 13.2 Å². The van der Waals surface area contributed by atoms with Crippen LogP contribution in [0.5, 0.6) is 0 Å². The fraction of sp³-hybridized carbons (Fsp3) is 0.576. The zero-order chi connectivity index (χ0) is 41.2. The summed E-state index contributed by atoms with van der Waals surface area (Å²) in [6.07, 6.45) is -17.6. The molecule has 0 aliphatic carbocycles. The van der Waals surface area contributed by atoms with Crippen LogP contribution in [-0.2, 0) is 80.9 Å². The second kappa shape index (κ2) is 20.1. The van der Waals surface area contributed by atoms with Crippen molar-refractivity contribution in [3.63, 3.8) is 0 Å². The molecule has 2 aliphatic heterocycles. The first kappa shape index (κ1) is 45.1. The van der Waals surface area contributed by atoms with Crippen LogP contribution in [-0.4, -0.2) is 126 Å². The summed E-state index contributed by atoms with van der Waals surface area (Å²) in [4.78, 5) is 87.1. The van der Waals surface area contributed by atoms with Crippen LogP contribution in [0.2, 0.25) is 0 Å². The molecule has 2 aliphatic rings. The number of hydrogen-bond acceptors (Lipinski definition) is 19. The Bertz CT molecular complexity index is 1590. The van der Waals surface area contributed by atoms with E-state index < -0.39 is 126 Å². The fourth-order valence-corrected chi connectivity index (χ4v) is 5.46. The fourth-order valence-electron chi connectivity index (χ4n) is 5.32. The molecule has 3 rings (SSSR count). The van der Waals surface area contributed by atoms with E-state index >= 15 is 0 Å². The van der Waals surface area contributed by atoms with Gasteiger partial charge in [-0.2, -0.15) is 0 Å². The third-order valence-electron chi connectivity index (χ3n) is 7.33. The number of ether oxygens (including phenoxy) is 11. The van der Waals surface area contributed by atoms with Crippen molar-refractivity contribution < 1.29 is 85.7 Å². The van der Waals surface area contributed by atoms with E-state index in [-0.39, 0.29) is 5.56 Å². The third kappa shape index (κ3) is 13.5. The molecule has 0 radical (unpaired) electrons. The van der Waals surface area contributed by atoms with E-state index in [0.717, 1.165) is 41.5 Å². The van der Waals surface area contributed by atoms with Gasteiger partial charge in [-0.1, -0.05) is 53.0 Å². The van der Waals surface area contributed by atoms with E-state index in [1.807, 2.05) is 0 Å². The minimum atomic E-state index is -2.51. The van der Waals surface area contributed by atoms with Crippen molar-refractivity contribution in [3.05, 3.63) is 35.9 Å². The molecule has 0 amide bonds. The van der Waals surface area contributed by atoms with Crippen molar-refractivity contribution in [2.45, 2.75) is 107 Å².